The number of rotatable bonds is 5. The Morgan fingerprint density at radius 1 is 1.10 bits per heavy atom. The third kappa shape index (κ3) is 3.90. The summed E-state index contributed by atoms with van der Waals surface area (Å²) in [5, 5.41) is 12.1. The summed E-state index contributed by atoms with van der Waals surface area (Å²) < 4.78 is 13.9. The van der Waals surface area contributed by atoms with E-state index in [-0.39, 0.29) is 11.2 Å². The molecular weight excluding hydrogens is 263 g/mol. The lowest BCUT2D eigenvalue weighted by molar-refractivity contribution is 0.444. The molecule has 0 aliphatic rings. The van der Waals surface area contributed by atoms with Crippen LogP contribution in [0.25, 0.3) is 0 Å². The zero-order chi connectivity index (χ0) is 15.3. The monoisotopic (exact) mass is 282 g/mol. The van der Waals surface area contributed by atoms with Gasteiger partial charge < -0.3 is 5.32 Å². The number of nitrogens with one attached hydrogen (secondary N) is 1. The molecule has 0 heterocycles. The summed E-state index contributed by atoms with van der Waals surface area (Å²) in [6.45, 7) is 5.42. The van der Waals surface area contributed by atoms with Crippen molar-refractivity contribution in [1.29, 1.82) is 5.26 Å². The van der Waals surface area contributed by atoms with E-state index >= 15 is 0 Å². The molecule has 0 spiro atoms. The quantitative estimate of drug-likeness (QED) is 0.906. The number of hydrogen-bond acceptors (Lipinski definition) is 2. The highest BCUT2D eigenvalue weighted by molar-refractivity contribution is 5.31. The smallest absolute Gasteiger partial charge is 0.126 e. The number of halogens is 1. The van der Waals surface area contributed by atoms with E-state index in [0.29, 0.717) is 18.7 Å². The van der Waals surface area contributed by atoms with Crippen molar-refractivity contribution in [3.05, 3.63) is 71.0 Å². The number of nitriles is 1. The van der Waals surface area contributed by atoms with Crippen LogP contribution in [0.3, 0.4) is 0 Å². The fourth-order valence-electron chi connectivity index (χ4n) is 2.32. The molecule has 0 unspecified atom stereocenters. The van der Waals surface area contributed by atoms with Gasteiger partial charge in [-0.05, 0) is 29.3 Å². The first kappa shape index (κ1) is 15.2. The summed E-state index contributed by atoms with van der Waals surface area (Å²) in [6, 6.07) is 16.5. The number of hydrogen-bond donors (Lipinski definition) is 1. The summed E-state index contributed by atoms with van der Waals surface area (Å²) >= 11 is 0. The molecule has 0 amide bonds. The maximum Gasteiger partial charge on any atom is 0.126 e. The van der Waals surface area contributed by atoms with Gasteiger partial charge in [-0.3, -0.25) is 0 Å². The molecule has 0 aliphatic heterocycles. The van der Waals surface area contributed by atoms with Gasteiger partial charge in [-0.25, -0.2) is 4.39 Å². The number of benzene rings is 2. The summed E-state index contributed by atoms with van der Waals surface area (Å²) in [7, 11) is 0. The molecule has 0 atom stereocenters. The molecule has 1 N–H and O–H groups in total. The molecule has 0 radical (unpaired) electrons. The van der Waals surface area contributed by atoms with Gasteiger partial charge in [0.1, 0.15) is 5.82 Å². The Kier molecular flexibility index (Phi) is 4.72. The standard InChI is InChI=1S/C18H19FN2/c1-18(2,16-5-3-4-6-17(16)19)13-21-12-15-9-7-14(11-20)8-10-15/h3-10,21H,12-13H2,1-2H3. The fraction of sp³-hybridized carbons (Fsp3) is 0.278. The lowest BCUT2D eigenvalue weighted by Crippen LogP contribution is -2.33. The third-order valence-electron chi connectivity index (χ3n) is 3.58. The summed E-state index contributed by atoms with van der Waals surface area (Å²) in [5.74, 6) is -0.164. The van der Waals surface area contributed by atoms with Crippen LogP contribution < -0.4 is 5.32 Å². The van der Waals surface area contributed by atoms with E-state index in [4.69, 9.17) is 5.26 Å². The first-order chi connectivity index (χ1) is 10.0. The van der Waals surface area contributed by atoms with Crippen molar-refractivity contribution >= 4 is 0 Å². The van der Waals surface area contributed by atoms with Crippen LogP contribution in [0.15, 0.2) is 48.5 Å². The van der Waals surface area contributed by atoms with Gasteiger partial charge in [-0.1, -0.05) is 44.2 Å². The predicted octanol–water partition coefficient (Wildman–Crippen LogP) is 3.76. The average Bonchev–Trinajstić information content (AvgIpc) is 2.48. The highest BCUT2D eigenvalue weighted by atomic mass is 19.1. The Morgan fingerprint density at radius 3 is 2.38 bits per heavy atom. The number of nitrogens with zero attached hydrogens (tertiary/aromatic N) is 1. The van der Waals surface area contributed by atoms with Crippen LogP contribution in [0.5, 0.6) is 0 Å². The zero-order valence-electron chi connectivity index (χ0n) is 12.4. The predicted molar refractivity (Wildman–Crippen MR) is 82.3 cm³/mol. The Hall–Kier alpha value is -2.18. The van der Waals surface area contributed by atoms with Gasteiger partial charge in [0.05, 0.1) is 11.6 Å². The van der Waals surface area contributed by atoms with Crippen LogP contribution in [0.2, 0.25) is 0 Å². The van der Waals surface area contributed by atoms with Crippen molar-refractivity contribution in [2.24, 2.45) is 0 Å². The lowest BCUT2D eigenvalue weighted by atomic mass is 9.84. The van der Waals surface area contributed by atoms with Gasteiger partial charge in [-0.2, -0.15) is 5.26 Å². The summed E-state index contributed by atoms with van der Waals surface area (Å²) in [4.78, 5) is 0. The second-order valence-electron chi connectivity index (χ2n) is 5.78. The van der Waals surface area contributed by atoms with Crippen molar-refractivity contribution in [2.45, 2.75) is 25.8 Å². The highest BCUT2D eigenvalue weighted by Gasteiger charge is 2.23. The van der Waals surface area contributed by atoms with Crippen LogP contribution in [-0.4, -0.2) is 6.54 Å². The first-order valence-electron chi connectivity index (χ1n) is 6.98. The van der Waals surface area contributed by atoms with Crippen molar-refractivity contribution < 1.29 is 4.39 Å². The molecule has 0 saturated heterocycles. The zero-order valence-corrected chi connectivity index (χ0v) is 12.4. The van der Waals surface area contributed by atoms with E-state index in [1.54, 1.807) is 18.2 Å². The molecular formula is C18H19FN2. The minimum absolute atomic E-state index is 0.164. The Balaban J connectivity index is 1.96. The molecule has 21 heavy (non-hydrogen) atoms. The Labute approximate surface area is 125 Å². The van der Waals surface area contributed by atoms with Crippen LogP contribution in [-0.2, 0) is 12.0 Å². The molecule has 2 aromatic carbocycles. The van der Waals surface area contributed by atoms with Crippen LogP contribution in [0, 0.1) is 17.1 Å². The molecule has 0 fully saturated rings. The van der Waals surface area contributed by atoms with Gasteiger partial charge in [0.25, 0.3) is 0 Å². The molecule has 0 bridgehead atoms. The minimum Gasteiger partial charge on any atom is -0.312 e. The van der Waals surface area contributed by atoms with Gasteiger partial charge in [-0.15, -0.1) is 0 Å². The van der Waals surface area contributed by atoms with Gasteiger partial charge in [0.15, 0.2) is 0 Å². The van der Waals surface area contributed by atoms with E-state index in [9.17, 15) is 4.39 Å². The molecule has 108 valence electrons. The first-order valence-corrected chi connectivity index (χ1v) is 6.98. The van der Waals surface area contributed by atoms with Crippen molar-refractivity contribution in [1.82, 2.24) is 5.32 Å². The van der Waals surface area contributed by atoms with Gasteiger partial charge in [0, 0.05) is 18.5 Å². The van der Waals surface area contributed by atoms with E-state index in [1.807, 2.05) is 38.1 Å². The van der Waals surface area contributed by atoms with E-state index in [0.717, 1.165) is 11.1 Å². The van der Waals surface area contributed by atoms with Crippen molar-refractivity contribution in [3.8, 4) is 6.07 Å². The molecule has 3 heteroatoms. The molecule has 0 aliphatic carbocycles. The second-order valence-corrected chi connectivity index (χ2v) is 5.78. The Morgan fingerprint density at radius 2 is 1.76 bits per heavy atom. The molecule has 0 aromatic heterocycles. The lowest BCUT2D eigenvalue weighted by Gasteiger charge is -2.26. The maximum absolute atomic E-state index is 13.9. The van der Waals surface area contributed by atoms with Gasteiger partial charge >= 0.3 is 0 Å². The normalized spacial score (nSPS) is 11.1. The van der Waals surface area contributed by atoms with Gasteiger partial charge in [0.2, 0.25) is 0 Å². The third-order valence-corrected chi connectivity index (χ3v) is 3.58. The van der Waals surface area contributed by atoms with Crippen molar-refractivity contribution in [2.75, 3.05) is 6.54 Å². The van der Waals surface area contributed by atoms with Crippen LogP contribution in [0.1, 0.15) is 30.5 Å². The summed E-state index contributed by atoms with van der Waals surface area (Å²) in [6.07, 6.45) is 0. The minimum atomic E-state index is -0.280. The molecule has 2 aromatic rings. The van der Waals surface area contributed by atoms with Crippen molar-refractivity contribution in [3.63, 3.8) is 0 Å². The Bertz CT molecular complexity index is 639. The molecule has 2 nitrogen and oxygen atoms in total. The highest BCUT2D eigenvalue weighted by Crippen LogP contribution is 2.24. The topological polar surface area (TPSA) is 35.8 Å². The summed E-state index contributed by atoms with van der Waals surface area (Å²) in [5.41, 5.74) is 2.21. The largest absolute Gasteiger partial charge is 0.312 e. The SMILES string of the molecule is CC(C)(CNCc1ccc(C#N)cc1)c1ccccc1F. The van der Waals surface area contributed by atoms with Crippen LogP contribution in [0.4, 0.5) is 4.39 Å². The fourth-order valence-corrected chi connectivity index (χ4v) is 2.32. The second kappa shape index (κ2) is 6.51. The molecule has 0 saturated carbocycles. The van der Waals surface area contributed by atoms with E-state index in [2.05, 4.69) is 11.4 Å². The molecule has 2 rings (SSSR count). The average molecular weight is 282 g/mol. The maximum atomic E-state index is 13.9. The van der Waals surface area contributed by atoms with E-state index in [1.165, 1.54) is 6.07 Å². The van der Waals surface area contributed by atoms with Crippen LogP contribution >= 0.6 is 0 Å². The van der Waals surface area contributed by atoms with E-state index < -0.39 is 0 Å².